The number of fused-ring (bicyclic) bond motifs is 1. The van der Waals surface area contributed by atoms with Crippen LogP contribution in [0.5, 0.6) is 5.88 Å². The molecule has 8 nitrogen and oxygen atoms in total. The van der Waals surface area contributed by atoms with Gasteiger partial charge in [-0.3, -0.25) is 14.9 Å². The Balaban J connectivity index is 1.51. The molecule has 1 amide bonds. The average molecular weight is 483 g/mol. The van der Waals surface area contributed by atoms with Crippen LogP contribution in [0, 0.1) is 16.0 Å². The van der Waals surface area contributed by atoms with E-state index in [-0.39, 0.29) is 17.5 Å². The molecular weight excluding hydrogens is 456 g/mol. The highest BCUT2D eigenvalue weighted by Gasteiger charge is 2.24. The molecule has 2 N–H and O–H groups in total. The van der Waals surface area contributed by atoms with E-state index in [9.17, 15) is 20.0 Å². The lowest BCUT2D eigenvalue weighted by Crippen LogP contribution is -2.26. The molecule has 0 radical (unpaired) electrons. The molecule has 3 aromatic carbocycles. The molecule has 0 saturated carbocycles. The van der Waals surface area contributed by atoms with Gasteiger partial charge in [-0.05, 0) is 42.5 Å². The predicted octanol–water partition coefficient (Wildman–Crippen LogP) is 5.36. The number of aromatic hydroxyl groups is 1. The zero-order valence-electron chi connectivity index (χ0n) is 19.8. The van der Waals surface area contributed by atoms with E-state index in [1.165, 1.54) is 17.7 Å². The molecule has 4 aromatic rings. The third kappa shape index (κ3) is 4.70. The van der Waals surface area contributed by atoms with Gasteiger partial charge in [0.2, 0.25) is 5.91 Å². The first-order chi connectivity index (χ1) is 17.4. The molecule has 1 saturated heterocycles. The van der Waals surface area contributed by atoms with E-state index < -0.39 is 4.92 Å². The highest BCUT2D eigenvalue weighted by molar-refractivity contribution is 6.22. The second-order valence-electron chi connectivity index (χ2n) is 9.15. The maximum atomic E-state index is 11.6. The molecular formula is C28H26N4O4. The van der Waals surface area contributed by atoms with Crippen molar-refractivity contribution in [1.29, 1.82) is 0 Å². The maximum Gasteiger partial charge on any atom is 0.270 e. The number of nitrogens with one attached hydrogen (secondary N) is 1. The third-order valence-corrected chi connectivity index (χ3v) is 6.69. The number of H-pyrrole nitrogens is 1. The molecule has 1 fully saturated rings. The number of benzene rings is 3. The first kappa shape index (κ1) is 23.3. The number of aliphatic imine (C=N–C) groups is 1. The lowest BCUT2D eigenvalue weighted by molar-refractivity contribution is -0.384. The Morgan fingerprint density at radius 3 is 2.56 bits per heavy atom. The summed E-state index contributed by atoms with van der Waals surface area (Å²) in [7, 11) is 0. The Morgan fingerprint density at radius 1 is 1.14 bits per heavy atom. The van der Waals surface area contributed by atoms with Gasteiger partial charge in [0, 0.05) is 48.6 Å². The van der Waals surface area contributed by atoms with Crippen LogP contribution in [0.1, 0.15) is 30.0 Å². The molecule has 1 aromatic heterocycles. The van der Waals surface area contributed by atoms with Gasteiger partial charge in [-0.25, -0.2) is 4.99 Å². The van der Waals surface area contributed by atoms with Crippen LogP contribution in [0.25, 0.3) is 10.9 Å². The molecule has 0 bridgehead atoms. The number of amides is 1. The van der Waals surface area contributed by atoms with Crippen molar-refractivity contribution < 1.29 is 14.8 Å². The first-order valence-corrected chi connectivity index (χ1v) is 11.9. The van der Waals surface area contributed by atoms with E-state index >= 15 is 0 Å². The number of carbonyl (C=O) groups is 1. The molecule has 1 aliphatic rings. The summed E-state index contributed by atoms with van der Waals surface area (Å²) < 4.78 is 0. The van der Waals surface area contributed by atoms with Crippen molar-refractivity contribution in [3.63, 3.8) is 0 Å². The van der Waals surface area contributed by atoms with E-state index in [1.807, 2.05) is 59.5 Å². The van der Waals surface area contributed by atoms with Crippen molar-refractivity contribution in [1.82, 2.24) is 9.88 Å². The summed E-state index contributed by atoms with van der Waals surface area (Å²) in [6.45, 7) is 3.22. The van der Waals surface area contributed by atoms with Crippen molar-refractivity contribution in [3.8, 4) is 5.88 Å². The molecule has 8 heteroatoms. The molecule has 2 heterocycles. The van der Waals surface area contributed by atoms with Crippen LogP contribution in [0.3, 0.4) is 0 Å². The fraction of sp³-hybridized carbons (Fsp3) is 0.214. The van der Waals surface area contributed by atoms with Gasteiger partial charge in [-0.1, -0.05) is 42.5 Å². The van der Waals surface area contributed by atoms with Gasteiger partial charge in [0.1, 0.15) is 0 Å². The normalized spacial score (nSPS) is 16.0. The average Bonchev–Trinajstić information content (AvgIpc) is 3.47. The standard InChI is InChI=1S/C28H26N4O4/c1-18(33)31-14-13-20(17-31)15-19-7-9-22(10-8-19)29-27(21-5-3-2-4-6-21)26-24-16-23(32(35)36)11-12-25(24)30-28(26)34/h2-12,16,20,30,34H,13-15,17H2,1H3. The maximum absolute atomic E-state index is 11.6. The zero-order chi connectivity index (χ0) is 25.2. The summed E-state index contributed by atoms with van der Waals surface area (Å²) in [5.74, 6) is 0.476. The van der Waals surface area contributed by atoms with E-state index in [0.29, 0.717) is 33.8 Å². The number of likely N-dealkylation sites (tertiary alicyclic amines) is 1. The Morgan fingerprint density at radius 2 is 1.89 bits per heavy atom. The topological polar surface area (TPSA) is 112 Å². The van der Waals surface area contributed by atoms with Gasteiger partial charge < -0.3 is 15.0 Å². The number of hydrogen-bond acceptors (Lipinski definition) is 5. The summed E-state index contributed by atoms with van der Waals surface area (Å²) in [5, 5.41) is 22.7. The number of aromatic nitrogens is 1. The number of nitro benzene ring substituents is 1. The quantitative estimate of drug-likeness (QED) is 0.219. The van der Waals surface area contributed by atoms with Gasteiger partial charge >= 0.3 is 0 Å². The number of rotatable bonds is 6. The Kier molecular flexibility index (Phi) is 6.25. The van der Waals surface area contributed by atoms with Crippen molar-refractivity contribution in [2.75, 3.05) is 13.1 Å². The second-order valence-corrected chi connectivity index (χ2v) is 9.15. The van der Waals surface area contributed by atoms with Crippen molar-refractivity contribution in [2.45, 2.75) is 19.8 Å². The number of nitro groups is 1. The summed E-state index contributed by atoms with van der Waals surface area (Å²) in [5.41, 5.74) is 4.11. The largest absolute Gasteiger partial charge is 0.494 e. The molecule has 182 valence electrons. The SMILES string of the molecule is CC(=O)N1CCC(Cc2ccc(N=C(c3ccccc3)c3c(O)[nH]c4ccc([N+](=O)[O-])cc34)cc2)C1. The number of carbonyl (C=O) groups excluding carboxylic acids is 1. The minimum absolute atomic E-state index is 0.0604. The summed E-state index contributed by atoms with van der Waals surface area (Å²) in [6.07, 6.45) is 1.90. The minimum atomic E-state index is -0.453. The van der Waals surface area contributed by atoms with Crippen LogP contribution in [0.2, 0.25) is 0 Å². The Hall–Kier alpha value is -4.46. The number of aromatic amines is 1. The lowest BCUT2D eigenvalue weighted by atomic mass is 9.98. The van der Waals surface area contributed by atoms with Crippen LogP contribution in [-0.4, -0.2) is 44.6 Å². The van der Waals surface area contributed by atoms with Gasteiger partial charge in [0.25, 0.3) is 5.69 Å². The molecule has 0 spiro atoms. The minimum Gasteiger partial charge on any atom is -0.494 e. The van der Waals surface area contributed by atoms with Crippen LogP contribution < -0.4 is 0 Å². The summed E-state index contributed by atoms with van der Waals surface area (Å²) in [4.78, 5) is 32.2. The van der Waals surface area contributed by atoms with Gasteiger partial charge in [-0.15, -0.1) is 0 Å². The fourth-order valence-electron chi connectivity index (χ4n) is 4.83. The molecule has 1 unspecified atom stereocenters. The molecule has 1 aliphatic heterocycles. The van der Waals surface area contributed by atoms with Crippen molar-refractivity contribution >= 4 is 33.9 Å². The van der Waals surface area contributed by atoms with Crippen molar-refractivity contribution in [2.24, 2.45) is 10.9 Å². The van der Waals surface area contributed by atoms with Crippen LogP contribution >= 0.6 is 0 Å². The van der Waals surface area contributed by atoms with E-state index in [0.717, 1.165) is 31.5 Å². The van der Waals surface area contributed by atoms with E-state index in [4.69, 9.17) is 4.99 Å². The van der Waals surface area contributed by atoms with E-state index in [2.05, 4.69) is 4.98 Å². The Labute approximate surface area is 208 Å². The first-order valence-electron chi connectivity index (χ1n) is 11.9. The molecule has 36 heavy (non-hydrogen) atoms. The Bertz CT molecular complexity index is 1460. The molecule has 0 aliphatic carbocycles. The summed E-state index contributed by atoms with van der Waals surface area (Å²) >= 11 is 0. The van der Waals surface area contributed by atoms with Gasteiger partial charge in [0.15, 0.2) is 5.88 Å². The van der Waals surface area contributed by atoms with Crippen molar-refractivity contribution in [3.05, 3.63) is 99.6 Å². The highest BCUT2D eigenvalue weighted by Crippen LogP contribution is 2.33. The van der Waals surface area contributed by atoms with Gasteiger partial charge in [-0.2, -0.15) is 0 Å². The fourth-order valence-corrected chi connectivity index (χ4v) is 4.83. The van der Waals surface area contributed by atoms with E-state index in [1.54, 1.807) is 13.0 Å². The highest BCUT2D eigenvalue weighted by atomic mass is 16.6. The smallest absolute Gasteiger partial charge is 0.270 e. The molecule has 1 atom stereocenters. The lowest BCUT2D eigenvalue weighted by Gasteiger charge is -2.14. The summed E-state index contributed by atoms with van der Waals surface area (Å²) in [6, 6.07) is 21.8. The van der Waals surface area contributed by atoms with Crippen LogP contribution in [0.15, 0.2) is 77.8 Å². The van der Waals surface area contributed by atoms with Gasteiger partial charge in [0.05, 0.1) is 21.9 Å². The number of non-ortho nitro benzene ring substituents is 1. The van der Waals surface area contributed by atoms with Crippen LogP contribution in [0.4, 0.5) is 11.4 Å². The zero-order valence-corrected chi connectivity index (χ0v) is 19.8. The second kappa shape index (κ2) is 9.65. The predicted molar refractivity (Wildman–Crippen MR) is 139 cm³/mol. The number of nitrogens with zero attached hydrogens (tertiary/aromatic N) is 3. The monoisotopic (exact) mass is 482 g/mol. The third-order valence-electron chi connectivity index (χ3n) is 6.69. The molecule has 5 rings (SSSR count). The number of hydrogen-bond donors (Lipinski definition) is 2. The van der Waals surface area contributed by atoms with Crippen LogP contribution in [-0.2, 0) is 11.2 Å².